The third-order valence-corrected chi connectivity index (χ3v) is 8.77. The van der Waals surface area contributed by atoms with Gasteiger partial charge in [0.2, 0.25) is 12.7 Å². The Kier molecular flexibility index (Phi) is 11.7. The van der Waals surface area contributed by atoms with Gasteiger partial charge >= 0.3 is 5.97 Å². The number of carbonyl (C=O) groups excluding carboxylic acids is 1. The van der Waals surface area contributed by atoms with Crippen molar-refractivity contribution < 1.29 is 34.0 Å². The Morgan fingerprint density at radius 3 is 2.56 bits per heavy atom. The second-order valence-electron chi connectivity index (χ2n) is 12.0. The van der Waals surface area contributed by atoms with Crippen molar-refractivity contribution in [2.75, 3.05) is 60.2 Å². The summed E-state index contributed by atoms with van der Waals surface area (Å²) in [5.41, 5.74) is 1.39. The van der Waals surface area contributed by atoms with Crippen molar-refractivity contribution in [1.82, 2.24) is 14.7 Å². The predicted octanol–water partition coefficient (Wildman–Crippen LogP) is 3.31. The highest BCUT2D eigenvalue weighted by atomic mass is 16.7. The second-order valence-corrected chi connectivity index (χ2v) is 12.0. The molecule has 1 amide bonds. The van der Waals surface area contributed by atoms with Gasteiger partial charge in [0.05, 0.1) is 25.2 Å². The maximum absolute atomic E-state index is 13.7. The van der Waals surface area contributed by atoms with Gasteiger partial charge in [-0.05, 0) is 83.3 Å². The summed E-state index contributed by atoms with van der Waals surface area (Å²) >= 11 is 0. The van der Waals surface area contributed by atoms with E-state index in [1.165, 1.54) is 0 Å². The van der Waals surface area contributed by atoms with Crippen molar-refractivity contribution in [2.45, 2.75) is 83.0 Å². The summed E-state index contributed by atoms with van der Waals surface area (Å²) in [6, 6.07) is 3.39. The van der Waals surface area contributed by atoms with Crippen LogP contribution in [-0.2, 0) is 20.9 Å². The molecule has 3 heterocycles. The normalized spacial score (nSPS) is 24.2. The number of carbonyl (C=O) groups is 2. The minimum atomic E-state index is -0.864. The SMILES string of the molecule is CCCCN(CCCN(C)C)C(=O)CN1C[C@H](c2cc(CO)c3c(c2)OCO3)[C@@H](C(=O)O)[C@@H]1CCC1CCCCO1. The van der Waals surface area contributed by atoms with Gasteiger partial charge in [0.15, 0.2) is 11.5 Å². The van der Waals surface area contributed by atoms with Crippen LogP contribution in [0.15, 0.2) is 12.1 Å². The zero-order chi connectivity index (χ0) is 29.4. The van der Waals surface area contributed by atoms with Crippen LogP contribution in [0.5, 0.6) is 11.5 Å². The van der Waals surface area contributed by atoms with Crippen molar-refractivity contribution in [3.05, 3.63) is 23.3 Å². The fourth-order valence-electron chi connectivity index (χ4n) is 6.58. The van der Waals surface area contributed by atoms with Gasteiger partial charge in [-0.3, -0.25) is 14.5 Å². The van der Waals surface area contributed by atoms with Crippen LogP contribution in [0.25, 0.3) is 0 Å². The van der Waals surface area contributed by atoms with Crippen LogP contribution in [0.4, 0.5) is 0 Å². The number of nitrogens with zero attached hydrogens (tertiary/aromatic N) is 3. The topological polar surface area (TPSA) is 112 Å². The van der Waals surface area contributed by atoms with Crippen molar-refractivity contribution in [3.63, 3.8) is 0 Å². The number of fused-ring (bicyclic) bond motifs is 1. The summed E-state index contributed by atoms with van der Waals surface area (Å²) in [5.74, 6) is -0.807. The standard InChI is InChI=1S/C31H49N3O7/c1-4-5-13-33(14-8-12-32(2)3)28(36)19-34-18-25(22-16-23(20-35)30-27(17-22)40-21-41-30)29(31(37)38)26(34)11-10-24-9-6-7-15-39-24/h16-17,24-26,29,35H,4-15,18-21H2,1-3H3,(H,37,38)/t24?,25-,26+,29-/m1/s1. The number of aliphatic carboxylic acids is 1. The second kappa shape index (κ2) is 15.2. The Hall–Kier alpha value is -2.40. The molecule has 4 rings (SSSR count). The lowest BCUT2D eigenvalue weighted by molar-refractivity contribution is -0.144. The van der Waals surface area contributed by atoms with E-state index < -0.39 is 11.9 Å². The molecule has 1 aromatic rings. The first-order chi connectivity index (χ1) is 19.8. The number of carboxylic acid groups (broad SMARTS) is 1. The van der Waals surface area contributed by atoms with E-state index in [1.807, 2.05) is 31.1 Å². The molecule has 41 heavy (non-hydrogen) atoms. The molecule has 230 valence electrons. The molecule has 0 bridgehead atoms. The van der Waals surface area contributed by atoms with Gasteiger partial charge in [0, 0.05) is 43.8 Å². The molecule has 0 spiro atoms. The van der Waals surface area contributed by atoms with Gasteiger partial charge in [-0.25, -0.2) is 0 Å². The van der Waals surface area contributed by atoms with Crippen LogP contribution < -0.4 is 9.47 Å². The zero-order valence-electron chi connectivity index (χ0n) is 25.1. The monoisotopic (exact) mass is 575 g/mol. The van der Waals surface area contributed by atoms with Crippen LogP contribution >= 0.6 is 0 Å². The highest BCUT2D eigenvalue weighted by molar-refractivity contribution is 5.79. The summed E-state index contributed by atoms with van der Waals surface area (Å²) in [4.78, 5) is 32.8. The fraction of sp³-hybridized carbons (Fsp3) is 0.742. The summed E-state index contributed by atoms with van der Waals surface area (Å²) in [7, 11) is 4.07. The largest absolute Gasteiger partial charge is 0.481 e. The molecule has 3 aliphatic heterocycles. The molecule has 3 aliphatic rings. The summed E-state index contributed by atoms with van der Waals surface area (Å²) < 4.78 is 17.2. The Morgan fingerprint density at radius 2 is 1.88 bits per heavy atom. The Morgan fingerprint density at radius 1 is 1.07 bits per heavy atom. The van der Waals surface area contributed by atoms with Gasteiger partial charge in [-0.2, -0.15) is 0 Å². The highest BCUT2D eigenvalue weighted by Gasteiger charge is 2.47. The van der Waals surface area contributed by atoms with E-state index in [9.17, 15) is 19.8 Å². The fourth-order valence-corrected chi connectivity index (χ4v) is 6.58. The predicted molar refractivity (Wildman–Crippen MR) is 155 cm³/mol. The van der Waals surface area contributed by atoms with E-state index in [1.54, 1.807) is 0 Å². The number of carboxylic acids is 1. The Labute approximate surface area is 244 Å². The van der Waals surface area contributed by atoms with Crippen LogP contribution in [0.3, 0.4) is 0 Å². The lowest BCUT2D eigenvalue weighted by atomic mass is 9.82. The molecule has 2 N–H and O–H groups in total. The van der Waals surface area contributed by atoms with Gasteiger partial charge in [0.1, 0.15) is 0 Å². The first kappa shape index (κ1) is 31.5. The minimum Gasteiger partial charge on any atom is -0.481 e. The van der Waals surface area contributed by atoms with E-state index >= 15 is 0 Å². The quantitative estimate of drug-likeness (QED) is 0.325. The number of aliphatic hydroxyl groups excluding tert-OH is 1. The van der Waals surface area contributed by atoms with E-state index in [0.717, 1.165) is 63.7 Å². The van der Waals surface area contributed by atoms with Gasteiger partial charge in [0.25, 0.3) is 0 Å². The first-order valence-corrected chi connectivity index (χ1v) is 15.4. The highest BCUT2D eigenvalue weighted by Crippen LogP contribution is 2.45. The number of ether oxygens (including phenoxy) is 3. The number of hydrogen-bond acceptors (Lipinski definition) is 8. The molecule has 2 fully saturated rings. The van der Waals surface area contributed by atoms with Gasteiger partial charge in [-0.15, -0.1) is 0 Å². The number of hydrogen-bond donors (Lipinski definition) is 2. The molecule has 1 aromatic carbocycles. The molecular formula is C31H49N3O7. The summed E-state index contributed by atoms with van der Waals surface area (Å²) in [5, 5.41) is 20.6. The van der Waals surface area contributed by atoms with Crippen LogP contribution in [0, 0.1) is 5.92 Å². The first-order valence-electron chi connectivity index (χ1n) is 15.4. The molecule has 4 atom stereocenters. The van der Waals surface area contributed by atoms with Gasteiger partial charge in [-0.1, -0.05) is 13.3 Å². The van der Waals surface area contributed by atoms with E-state index in [-0.39, 0.29) is 43.9 Å². The van der Waals surface area contributed by atoms with E-state index in [2.05, 4.69) is 16.7 Å². The van der Waals surface area contributed by atoms with Crippen molar-refractivity contribution in [3.8, 4) is 11.5 Å². The molecule has 10 heteroatoms. The lowest BCUT2D eigenvalue weighted by Gasteiger charge is -2.31. The Bertz CT molecular complexity index is 1010. The average molecular weight is 576 g/mol. The van der Waals surface area contributed by atoms with E-state index in [4.69, 9.17) is 14.2 Å². The summed E-state index contributed by atoms with van der Waals surface area (Å²) in [6.07, 6.45) is 7.59. The molecule has 0 radical (unpaired) electrons. The number of benzene rings is 1. The maximum atomic E-state index is 13.7. The van der Waals surface area contributed by atoms with Crippen LogP contribution in [0.2, 0.25) is 0 Å². The lowest BCUT2D eigenvalue weighted by Crippen LogP contribution is -2.45. The molecule has 1 unspecified atom stereocenters. The van der Waals surface area contributed by atoms with Crippen molar-refractivity contribution in [2.24, 2.45) is 5.92 Å². The minimum absolute atomic E-state index is 0.0580. The smallest absolute Gasteiger partial charge is 0.308 e. The maximum Gasteiger partial charge on any atom is 0.308 e. The average Bonchev–Trinajstić information content (AvgIpc) is 3.58. The molecule has 0 saturated carbocycles. The third-order valence-electron chi connectivity index (χ3n) is 8.77. The van der Waals surface area contributed by atoms with E-state index in [0.29, 0.717) is 43.1 Å². The van der Waals surface area contributed by atoms with Crippen molar-refractivity contribution >= 4 is 11.9 Å². The van der Waals surface area contributed by atoms with Crippen LogP contribution in [-0.4, -0.2) is 109 Å². The number of amides is 1. The zero-order valence-corrected chi connectivity index (χ0v) is 25.1. The molecular weight excluding hydrogens is 526 g/mol. The number of rotatable bonds is 15. The van der Waals surface area contributed by atoms with Gasteiger partial charge < -0.3 is 34.2 Å². The molecule has 0 aliphatic carbocycles. The number of likely N-dealkylation sites (tertiary alicyclic amines) is 1. The number of aliphatic hydroxyl groups is 1. The molecule has 0 aromatic heterocycles. The summed E-state index contributed by atoms with van der Waals surface area (Å²) in [6.45, 7) is 5.68. The third kappa shape index (κ3) is 8.12. The molecule has 2 saturated heterocycles. The van der Waals surface area contributed by atoms with Crippen LogP contribution in [0.1, 0.15) is 75.3 Å². The number of unbranched alkanes of at least 4 members (excludes halogenated alkanes) is 1. The van der Waals surface area contributed by atoms with Crippen molar-refractivity contribution in [1.29, 1.82) is 0 Å². The Balaban J connectivity index is 1.58. The molecule has 10 nitrogen and oxygen atoms in total.